The normalized spacial score (nSPS) is 16.4. The molecule has 168 valence electrons. The standard InChI is InChI=1S/C25H31N5O2/c1-19(2)32-23-12-10-21(11-13-23)16-29-14-6-9-22(29)17-30-18-24(27-28-30)25(31)26-15-20-7-4-3-5-8-20/h3-5,7-8,10-13,18-19,22H,6,9,14-17H2,1-2H3,(H,26,31). The third-order valence-corrected chi connectivity index (χ3v) is 5.64. The fraction of sp³-hybridized carbons (Fsp3) is 0.400. The number of rotatable bonds is 9. The molecule has 1 unspecified atom stereocenters. The second kappa shape index (κ2) is 10.4. The Hall–Kier alpha value is -3.19. The molecule has 2 heterocycles. The highest BCUT2D eigenvalue weighted by Gasteiger charge is 2.25. The molecule has 0 aliphatic carbocycles. The lowest BCUT2D eigenvalue weighted by Crippen LogP contribution is -2.32. The fourth-order valence-corrected chi connectivity index (χ4v) is 4.07. The molecule has 1 aromatic heterocycles. The molecular weight excluding hydrogens is 402 g/mol. The Morgan fingerprint density at radius 3 is 2.66 bits per heavy atom. The van der Waals surface area contributed by atoms with Gasteiger partial charge in [0.1, 0.15) is 5.75 Å². The predicted molar refractivity (Wildman–Crippen MR) is 123 cm³/mol. The van der Waals surface area contributed by atoms with E-state index in [-0.39, 0.29) is 12.0 Å². The third-order valence-electron chi connectivity index (χ3n) is 5.64. The highest BCUT2D eigenvalue weighted by molar-refractivity contribution is 5.91. The van der Waals surface area contributed by atoms with Gasteiger partial charge in [0.2, 0.25) is 0 Å². The molecule has 1 aliphatic heterocycles. The Bertz CT molecular complexity index is 1000. The van der Waals surface area contributed by atoms with E-state index in [4.69, 9.17) is 4.74 Å². The summed E-state index contributed by atoms with van der Waals surface area (Å²) in [5.41, 5.74) is 2.68. The molecule has 4 rings (SSSR count). The van der Waals surface area contributed by atoms with Crippen LogP contribution >= 0.6 is 0 Å². The summed E-state index contributed by atoms with van der Waals surface area (Å²) in [6.45, 7) is 7.23. The van der Waals surface area contributed by atoms with Crippen LogP contribution in [0.2, 0.25) is 0 Å². The van der Waals surface area contributed by atoms with E-state index >= 15 is 0 Å². The summed E-state index contributed by atoms with van der Waals surface area (Å²) in [6, 6.07) is 18.6. The van der Waals surface area contributed by atoms with Crippen LogP contribution < -0.4 is 10.1 Å². The molecule has 1 fully saturated rings. The van der Waals surface area contributed by atoms with Crippen LogP contribution in [0.3, 0.4) is 0 Å². The third kappa shape index (κ3) is 5.95. The van der Waals surface area contributed by atoms with Gasteiger partial charge in [0, 0.05) is 19.1 Å². The minimum absolute atomic E-state index is 0.178. The van der Waals surface area contributed by atoms with Crippen LogP contribution in [-0.2, 0) is 19.6 Å². The van der Waals surface area contributed by atoms with Crippen molar-refractivity contribution in [1.29, 1.82) is 0 Å². The molecule has 7 heteroatoms. The van der Waals surface area contributed by atoms with Crippen molar-refractivity contribution in [2.45, 2.75) is 58.5 Å². The van der Waals surface area contributed by atoms with Gasteiger partial charge in [-0.1, -0.05) is 47.7 Å². The monoisotopic (exact) mass is 433 g/mol. The molecule has 3 aromatic rings. The summed E-state index contributed by atoms with van der Waals surface area (Å²) in [6.07, 6.45) is 4.20. The average Bonchev–Trinajstić information content (AvgIpc) is 3.44. The Morgan fingerprint density at radius 1 is 1.12 bits per heavy atom. The molecule has 7 nitrogen and oxygen atoms in total. The number of hydrogen-bond acceptors (Lipinski definition) is 5. The van der Waals surface area contributed by atoms with Gasteiger partial charge in [-0.15, -0.1) is 5.10 Å². The Balaban J connectivity index is 1.30. The van der Waals surface area contributed by atoms with E-state index < -0.39 is 0 Å². The first kappa shape index (κ1) is 22.0. The molecule has 1 atom stereocenters. The predicted octanol–water partition coefficient (Wildman–Crippen LogP) is 3.66. The van der Waals surface area contributed by atoms with Crippen LogP contribution in [0.25, 0.3) is 0 Å². The molecular formula is C25H31N5O2. The van der Waals surface area contributed by atoms with E-state index in [1.54, 1.807) is 10.9 Å². The SMILES string of the molecule is CC(C)Oc1ccc(CN2CCCC2Cn2cc(C(=O)NCc3ccccc3)nn2)cc1. The number of benzene rings is 2. The van der Waals surface area contributed by atoms with E-state index in [9.17, 15) is 4.79 Å². The van der Waals surface area contributed by atoms with Crippen molar-refractivity contribution in [1.82, 2.24) is 25.2 Å². The van der Waals surface area contributed by atoms with Gasteiger partial charge in [0.05, 0.1) is 18.8 Å². The van der Waals surface area contributed by atoms with Gasteiger partial charge < -0.3 is 10.1 Å². The largest absolute Gasteiger partial charge is 0.491 e. The number of nitrogens with one attached hydrogen (secondary N) is 1. The zero-order valence-electron chi connectivity index (χ0n) is 18.8. The molecule has 32 heavy (non-hydrogen) atoms. The second-order valence-corrected chi connectivity index (χ2v) is 8.57. The van der Waals surface area contributed by atoms with Crippen LogP contribution in [0.15, 0.2) is 60.8 Å². The highest BCUT2D eigenvalue weighted by Crippen LogP contribution is 2.22. The zero-order chi connectivity index (χ0) is 22.3. The molecule has 1 aliphatic rings. The molecule has 0 bridgehead atoms. The molecule has 1 N–H and O–H groups in total. The van der Waals surface area contributed by atoms with E-state index in [0.29, 0.717) is 18.3 Å². The van der Waals surface area contributed by atoms with Crippen molar-refractivity contribution in [2.75, 3.05) is 6.54 Å². The number of likely N-dealkylation sites (tertiary alicyclic amines) is 1. The fourth-order valence-electron chi connectivity index (χ4n) is 4.07. The molecule has 0 radical (unpaired) electrons. The van der Waals surface area contributed by atoms with Gasteiger partial charge >= 0.3 is 0 Å². The number of hydrogen-bond donors (Lipinski definition) is 1. The lowest BCUT2D eigenvalue weighted by Gasteiger charge is -2.24. The number of nitrogens with zero attached hydrogens (tertiary/aromatic N) is 4. The first-order valence-electron chi connectivity index (χ1n) is 11.3. The van der Waals surface area contributed by atoms with Crippen LogP contribution in [0.1, 0.15) is 48.3 Å². The summed E-state index contributed by atoms with van der Waals surface area (Å²) < 4.78 is 7.53. The van der Waals surface area contributed by atoms with Crippen LogP contribution in [0.5, 0.6) is 5.75 Å². The Labute approximate surface area is 189 Å². The summed E-state index contributed by atoms with van der Waals surface area (Å²) in [5, 5.41) is 11.2. The molecule has 0 spiro atoms. The number of amides is 1. The van der Waals surface area contributed by atoms with Gasteiger partial charge in [0.25, 0.3) is 5.91 Å². The summed E-state index contributed by atoms with van der Waals surface area (Å²) >= 11 is 0. The van der Waals surface area contributed by atoms with Gasteiger partial charge in [-0.05, 0) is 56.5 Å². The van der Waals surface area contributed by atoms with Gasteiger partial charge in [-0.25, -0.2) is 0 Å². The first-order valence-corrected chi connectivity index (χ1v) is 11.3. The highest BCUT2D eigenvalue weighted by atomic mass is 16.5. The van der Waals surface area contributed by atoms with Crippen molar-refractivity contribution in [3.63, 3.8) is 0 Å². The number of carbonyl (C=O) groups is 1. The number of carbonyl (C=O) groups excluding carboxylic acids is 1. The summed E-state index contributed by atoms with van der Waals surface area (Å²) in [4.78, 5) is 14.9. The van der Waals surface area contributed by atoms with Crippen molar-refractivity contribution in [3.8, 4) is 5.75 Å². The van der Waals surface area contributed by atoms with Crippen molar-refractivity contribution in [3.05, 3.63) is 77.6 Å². The Kier molecular flexibility index (Phi) is 7.17. The zero-order valence-corrected chi connectivity index (χ0v) is 18.8. The maximum absolute atomic E-state index is 12.4. The smallest absolute Gasteiger partial charge is 0.273 e. The van der Waals surface area contributed by atoms with Crippen LogP contribution in [0.4, 0.5) is 0 Å². The summed E-state index contributed by atoms with van der Waals surface area (Å²) in [7, 11) is 0. The molecule has 1 amide bonds. The van der Waals surface area contributed by atoms with Crippen molar-refractivity contribution < 1.29 is 9.53 Å². The minimum Gasteiger partial charge on any atom is -0.491 e. The average molecular weight is 434 g/mol. The van der Waals surface area contributed by atoms with E-state index in [1.807, 2.05) is 56.3 Å². The quantitative estimate of drug-likeness (QED) is 0.558. The first-order chi connectivity index (χ1) is 15.6. The van der Waals surface area contributed by atoms with Gasteiger partial charge in [-0.2, -0.15) is 0 Å². The van der Waals surface area contributed by atoms with E-state index in [2.05, 4.69) is 32.7 Å². The summed E-state index contributed by atoms with van der Waals surface area (Å²) in [5.74, 6) is 0.703. The van der Waals surface area contributed by atoms with Crippen LogP contribution in [0, 0.1) is 0 Å². The molecule has 0 saturated carbocycles. The van der Waals surface area contributed by atoms with Crippen LogP contribution in [-0.4, -0.2) is 44.5 Å². The lowest BCUT2D eigenvalue weighted by molar-refractivity contribution is 0.0945. The van der Waals surface area contributed by atoms with Crippen molar-refractivity contribution in [2.24, 2.45) is 0 Å². The van der Waals surface area contributed by atoms with Crippen molar-refractivity contribution >= 4 is 5.91 Å². The van der Waals surface area contributed by atoms with E-state index in [0.717, 1.165) is 37.4 Å². The molecule has 1 saturated heterocycles. The maximum atomic E-state index is 12.4. The molecule has 2 aromatic carbocycles. The van der Waals surface area contributed by atoms with E-state index in [1.165, 1.54) is 12.0 Å². The topological polar surface area (TPSA) is 72.3 Å². The lowest BCUT2D eigenvalue weighted by atomic mass is 10.1. The second-order valence-electron chi connectivity index (χ2n) is 8.57. The Morgan fingerprint density at radius 2 is 1.91 bits per heavy atom. The number of aromatic nitrogens is 3. The number of ether oxygens (including phenoxy) is 1. The maximum Gasteiger partial charge on any atom is 0.273 e. The minimum atomic E-state index is -0.202. The van der Waals surface area contributed by atoms with Gasteiger partial charge in [-0.3, -0.25) is 14.4 Å². The van der Waals surface area contributed by atoms with Gasteiger partial charge in [0.15, 0.2) is 5.69 Å².